The summed E-state index contributed by atoms with van der Waals surface area (Å²) in [5.41, 5.74) is 4.36. The van der Waals surface area contributed by atoms with Crippen LogP contribution in [0.3, 0.4) is 0 Å². The minimum atomic E-state index is -0.751. The predicted octanol–water partition coefficient (Wildman–Crippen LogP) is 8.31. The van der Waals surface area contributed by atoms with Gasteiger partial charge in [0.2, 0.25) is 0 Å². The van der Waals surface area contributed by atoms with E-state index >= 15 is 4.39 Å². The van der Waals surface area contributed by atoms with E-state index in [0.717, 1.165) is 49.7 Å². The lowest BCUT2D eigenvalue weighted by Gasteiger charge is -2.29. The van der Waals surface area contributed by atoms with Gasteiger partial charge in [-0.1, -0.05) is 55.5 Å². The van der Waals surface area contributed by atoms with E-state index in [0.29, 0.717) is 35.6 Å². The Balaban J connectivity index is 1.19. The Kier molecular flexibility index (Phi) is 6.78. The molecule has 1 unspecified atom stereocenters. The van der Waals surface area contributed by atoms with Crippen molar-refractivity contribution < 1.29 is 17.9 Å². The maximum atomic E-state index is 15.1. The molecule has 0 amide bonds. The summed E-state index contributed by atoms with van der Waals surface area (Å²) in [5, 5.41) is 0. The quantitative estimate of drug-likeness (QED) is 0.320. The fourth-order valence-corrected chi connectivity index (χ4v) is 5.35. The summed E-state index contributed by atoms with van der Waals surface area (Å²) in [6, 6.07) is 16.6. The Morgan fingerprint density at radius 1 is 0.853 bits per heavy atom. The van der Waals surface area contributed by atoms with Crippen LogP contribution in [0, 0.1) is 23.4 Å². The highest BCUT2D eigenvalue weighted by Crippen LogP contribution is 2.40. The molecule has 2 fully saturated rings. The minimum absolute atomic E-state index is 0.0387. The summed E-state index contributed by atoms with van der Waals surface area (Å²) in [6.45, 7) is 2.75. The summed E-state index contributed by atoms with van der Waals surface area (Å²) in [4.78, 5) is 0. The first-order valence-corrected chi connectivity index (χ1v) is 12.5. The van der Waals surface area contributed by atoms with Crippen LogP contribution >= 0.6 is 0 Å². The van der Waals surface area contributed by atoms with Crippen molar-refractivity contribution in [2.75, 3.05) is 6.61 Å². The third-order valence-electron chi connectivity index (χ3n) is 7.68. The van der Waals surface area contributed by atoms with Crippen LogP contribution in [0.5, 0.6) is 0 Å². The first-order valence-electron chi connectivity index (χ1n) is 12.5. The normalized spacial score (nSPS) is 22.1. The number of benzene rings is 3. The van der Waals surface area contributed by atoms with Crippen molar-refractivity contribution in [3.63, 3.8) is 0 Å². The van der Waals surface area contributed by atoms with Gasteiger partial charge >= 0.3 is 0 Å². The molecule has 178 valence electrons. The third-order valence-corrected chi connectivity index (χ3v) is 7.68. The first-order chi connectivity index (χ1) is 16.5. The van der Waals surface area contributed by atoms with Crippen molar-refractivity contribution in [1.82, 2.24) is 0 Å². The van der Waals surface area contributed by atoms with Gasteiger partial charge in [0, 0.05) is 5.56 Å². The summed E-state index contributed by atoms with van der Waals surface area (Å²) in [7, 11) is 0. The molecule has 4 heteroatoms. The van der Waals surface area contributed by atoms with Crippen LogP contribution in [0.25, 0.3) is 11.1 Å². The minimum Gasteiger partial charge on any atom is -0.368 e. The Bertz CT molecular complexity index is 1140. The van der Waals surface area contributed by atoms with E-state index in [2.05, 4.69) is 6.92 Å². The van der Waals surface area contributed by atoms with Crippen LogP contribution in [0.1, 0.15) is 73.3 Å². The van der Waals surface area contributed by atoms with E-state index in [-0.39, 0.29) is 17.8 Å². The Morgan fingerprint density at radius 2 is 1.59 bits per heavy atom. The Morgan fingerprint density at radius 3 is 2.24 bits per heavy atom. The van der Waals surface area contributed by atoms with Crippen molar-refractivity contribution in [2.24, 2.45) is 5.92 Å². The molecule has 0 N–H and O–H groups in total. The Labute approximate surface area is 200 Å². The van der Waals surface area contributed by atoms with E-state index in [4.69, 9.17) is 4.74 Å². The molecule has 5 rings (SSSR count). The number of rotatable bonds is 7. The average molecular weight is 465 g/mol. The number of ether oxygens (including phenoxy) is 1. The van der Waals surface area contributed by atoms with E-state index in [1.807, 2.05) is 36.4 Å². The summed E-state index contributed by atoms with van der Waals surface area (Å²) in [5.74, 6) is -1.08. The summed E-state index contributed by atoms with van der Waals surface area (Å²) in [6.07, 6.45) is 6.21. The van der Waals surface area contributed by atoms with Crippen molar-refractivity contribution in [3.8, 4) is 11.1 Å². The summed E-state index contributed by atoms with van der Waals surface area (Å²) < 4.78 is 49.7. The molecule has 1 aliphatic carbocycles. The second-order valence-electron chi connectivity index (χ2n) is 9.81. The highest BCUT2D eigenvalue weighted by Gasteiger charge is 2.28. The van der Waals surface area contributed by atoms with Crippen molar-refractivity contribution >= 4 is 0 Å². The van der Waals surface area contributed by atoms with Crippen LogP contribution < -0.4 is 0 Å². The Hall–Kier alpha value is -2.59. The maximum absolute atomic E-state index is 15.1. The predicted molar refractivity (Wildman–Crippen MR) is 129 cm³/mol. The van der Waals surface area contributed by atoms with Crippen molar-refractivity contribution in [3.05, 3.63) is 94.3 Å². The highest BCUT2D eigenvalue weighted by atomic mass is 19.2. The molecular weight excluding hydrogens is 433 g/mol. The zero-order valence-electron chi connectivity index (χ0n) is 19.6. The molecule has 1 atom stereocenters. The van der Waals surface area contributed by atoms with E-state index in [9.17, 15) is 8.78 Å². The SMILES string of the molecule is CCc1ccc(-c2ccc(C3CCC(CCc4ccc(C5CO5)cc4F)CC3)c(F)c2F)cc1. The van der Waals surface area contributed by atoms with Crippen molar-refractivity contribution in [1.29, 1.82) is 0 Å². The molecule has 1 saturated carbocycles. The standard InChI is InChI=1S/C30H31F3O/c1-2-19-3-8-21(9-4-19)25-15-16-26(30(33)29(25)32)22-10-5-20(6-11-22)7-12-23-13-14-24(17-27(23)31)28-18-34-28/h3-4,8-9,13-17,20,22,28H,2,5-7,10-12,18H2,1H3. The zero-order chi connectivity index (χ0) is 23.7. The van der Waals surface area contributed by atoms with Crippen LogP contribution in [0.2, 0.25) is 0 Å². The second kappa shape index (κ2) is 9.95. The largest absolute Gasteiger partial charge is 0.368 e. The van der Waals surface area contributed by atoms with Crippen LogP contribution in [0.4, 0.5) is 13.2 Å². The summed E-state index contributed by atoms with van der Waals surface area (Å²) >= 11 is 0. The molecule has 0 spiro atoms. The van der Waals surface area contributed by atoms with Crippen LogP contribution in [-0.2, 0) is 17.6 Å². The van der Waals surface area contributed by atoms with Gasteiger partial charge in [0.15, 0.2) is 11.6 Å². The fraction of sp³-hybridized carbons (Fsp3) is 0.400. The number of halogens is 3. The highest BCUT2D eigenvalue weighted by molar-refractivity contribution is 5.65. The second-order valence-corrected chi connectivity index (χ2v) is 9.81. The van der Waals surface area contributed by atoms with Gasteiger partial charge in [-0.15, -0.1) is 0 Å². The molecule has 1 saturated heterocycles. The van der Waals surface area contributed by atoms with Gasteiger partial charge in [-0.2, -0.15) is 0 Å². The molecular formula is C30H31F3O. The van der Waals surface area contributed by atoms with E-state index in [1.54, 1.807) is 18.2 Å². The lowest BCUT2D eigenvalue weighted by molar-refractivity contribution is 0.304. The number of epoxide rings is 1. The van der Waals surface area contributed by atoms with Crippen molar-refractivity contribution in [2.45, 2.75) is 63.9 Å². The van der Waals surface area contributed by atoms with Gasteiger partial charge in [-0.3, -0.25) is 0 Å². The molecule has 3 aromatic carbocycles. The van der Waals surface area contributed by atoms with Gasteiger partial charge in [0.05, 0.1) is 6.61 Å². The monoisotopic (exact) mass is 464 g/mol. The van der Waals surface area contributed by atoms with E-state index in [1.165, 1.54) is 5.56 Å². The van der Waals surface area contributed by atoms with Gasteiger partial charge in [-0.05, 0) is 90.7 Å². The molecule has 2 aliphatic rings. The molecule has 1 heterocycles. The van der Waals surface area contributed by atoms with Gasteiger partial charge in [0.1, 0.15) is 11.9 Å². The molecule has 1 aliphatic heterocycles. The number of aryl methyl sites for hydroxylation is 2. The molecule has 3 aromatic rings. The number of hydrogen-bond donors (Lipinski definition) is 0. The molecule has 0 aromatic heterocycles. The van der Waals surface area contributed by atoms with Gasteiger partial charge < -0.3 is 4.74 Å². The first kappa shape index (κ1) is 23.2. The lowest BCUT2D eigenvalue weighted by Crippen LogP contribution is -2.16. The molecule has 0 radical (unpaired) electrons. The van der Waals surface area contributed by atoms with Crippen LogP contribution in [0.15, 0.2) is 54.6 Å². The average Bonchev–Trinajstić information content (AvgIpc) is 3.71. The molecule has 34 heavy (non-hydrogen) atoms. The van der Waals surface area contributed by atoms with Gasteiger partial charge in [-0.25, -0.2) is 13.2 Å². The topological polar surface area (TPSA) is 12.5 Å². The molecule has 0 bridgehead atoms. The smallest absolute Gasteiger partial charge is 0.166 e. The lowest BCUT2D eigenvalue weighted by atomic mass is 9.76. The maximum Gasteiger partial charge on any atom is 0.166 e. The van der Waals surface area contributed by atoms with Crippen LogP contribution in [-0.4, -0.2) is 6.61 Å². The third kappa shape index (κ3) is 4.93. The zero-order valence-corrected chi connectivity index (χ0v) is 19.6. The van der Waals surface area contributed by atoms with E-state index < -0.39 is 11.6 Å². The fourth-order valence-electron chi connectivity index (χ4n) is 5.35. The number of hydrogen-bond acceptors (Lipinski definition) is 1. The van der Waals surface area contributed by atoms with Gasteiger partial charge in [0.25, 0.3) is 0 Å². The molecule has 1 nitrogen and oxygen atoms in total.